The van der Waals surface area contributed by atoms with Crippen LogP contribution in [0.2, 0.25) is 0 Å². The molecule has 130 valence electrons. The summed E-state index contributed by atoms with van der Waals surface area (Å²) in [6.45, 7) is 2.49. The van der Waals surface area contributed by atoms with Gasteiger partial charge in [0.2, 0.25) is 5.88 Å². The first-order valence-corrected chi connectivity index (χ1v) is 7.39. The number of H-pyrrole nitrogens is 1. The smallest absolute Gasteiger partial charge is 0.420 e. The second-order valence-corrected chi connectivity index (χ2v) is 5.01. The standard InChI is InChI=1S/C15H17F3N4O2/c1-2-3-7-24-14-10(5-4-6-19-14)8-20-13(23)12-11(9-21-22-12)15(16,17)18/h4-6,9H,2-3,7-8H2,1H3,(H,20,23)(H,21,22). The molecule has 0 saturated carbocycles. The molecule has 24 heavy (non-hydrogen) atoms. The van der Waals surface area contributed by atoms with Crippen LogP contribution in [0, 0.1) is 0 Å². The molecular weight excluding hydrogens is 325 g/mol. The Morgan fingerprint density at radius 1 is 1.42 bits per heavy atom. The quantitative estimate of drug-likeness (QED) is 0.758. The molecule has 0 fully saturated rings. The molecule has 0 aliphatic carbocycles. The monoisotopic (exact) mass is 342 g/mol. The lowest BCUT2D eigenvalue weighted by atomic mass is 10.2. The number of carbonyl (C=O) groups is 1. The van der Waals surface area contributed by atoms with Crippen LogP contribution in [0.15, 0.2) is 24.5 Å². The van der Waals surface area contributed by atoms with E-state index in [9.17, 15) is 18.0 Å². The van der Waals surface area contributed by atoms with E-state index in [0.717, 1.165) is 12.8 Å². The van der Waals surface area contributed by atoms with Crippen LogP contribution in [0.4, 0.5) is 13.2 Å². The second-order valence-electron chi connectivity index (χ2n) is 5.01. The highest BCUT2D eigenvalue weighted by atomic mass is 19.4. The van der Waals surface area contributed by atoms with Gasteiger partial charge < -0.3 is 10.1 Å². The van der Waals surface area contributed by atoms with Crippen LogP contribution in [0.1, 0.15) is 41.4 Å². The Balaban J connectivity index is 2.04. The summed E-state index contributed by atoms with van der Waals surface area (Å²) in [6.07, 6.45) is -0.714. The van der Waals surface area contributed by atoms with Crippen molar-refractivity contribution >= 4 is 5.91 Å². The van der Waals surface area contributed by atoms with E-state index in [4.69, 9.17) is 4.74 Å². The Labute approximate surface area is 136 Å². The number of ether oxygens (including phenoxy) is 1. The average Bonchev–Trinajstić information content (AvgIpc) is 3.04. The molecule has 0 bridgehead atoms. The molecule has 0 radical (unpaired) electrons. The number of rotatable bonds is 7. The maximum absolute atomic E-state index is 12.8. The molecule has 1 amide bonds. The number of pyridine rings is 1. The molecule has 2 rings (SSSR count). The predicted octanol–water partition coefficient (Wildman–Crippen LogP) is 2.93. The number of nitrogens with zero attached hydrogens (tertiary/aromatic N) is 2. The molecule has 0 saturated heterocycles. The molecule has 2 aromatic rings. The van der Waals surface area contributed by atoms with Gasteiger partial charge in [0, 0.05) is 18.3 Å². The Hall–Kier alpha value is -2.58. The minimum atomic E-state index is -4.65. The molecule has 0 aliphatic heterocycles. The van der Waals surface area contributed by atoms with Crippen molar-refractivity contribution in [2.24, 2.45) is 0 Å². The molecule has 9 heteroatoms. The molecule has 2 heterocycles. The number of aromatic amines is 1. The van der Waals surface area contributed by atoms with Crippen LogP contribution in [-0.4, -0.2) is 27.7 Å². The summed E-state index contributed by atoms with van der Waals surface area (Å²) in [5, 5.41) is 7.78. The summed E-state index contributed by atoms with van der Waals surface area (Å²) in [4.78, 5) is 16.0. The van der Waals surface area contributed by atoms with Gasteiger partial charge in [0.25, 0.3) is 5.91 Å². The minimum Gasteiger partial charge on any atom is -0.477 e. The van der Waals surface area contributed by atoms with Crippen molar-refractivity contribution in [2.45, 2.75) is 32.5 Å². The third-order valence-electron chi connectivity index (χ3n) is 3.20. The lowest BCUT2D eigenvalue weighted by Gasteiger charge is -2.11. The number of nitrogens with one attached hydrogen (secondary N) is 2. The normalized spacial score (nSPS) is 11.3. The van der Waals surface area contributed by atoms with Crippen molar-refractivity contribution in [1.82, 2.24) is 20.5 Å². The van der Waals surface area contributed by atoms with Gasteiger partial charge in [0.1, 0.15) is 11.3 Å². The maximum Gasteiger partial charge on any atom is 0.420 e. The molecular formula is C15H17F3N4O2. The first-order valence-electron chi connectivity index (χ1n) is 7.39. The van der Waals surface area contributed by atoms with Crippen LogP contribution >= 0.6 is 0 Å². The Kier molecular flexibility index (Phi) is 5.78. The van der Waals surface area contributed by atoms with Crippen molar-refractivity contribution in [3.05, 3.63) is 41.3 Å². The minimum absolute atomic E-state index is 0.00948. The van der Waals surface area contributed by atoms with Gasteiger partial charge in [0.15, 0.2) is 0 Å². The van der Waals surface area contributed by atoms with Crippen LogP contribution in [0.3, 0.4) is 0 Å². The van der Waals surface area contributed by atoms with Crippen LogP contribution in [0.25, 0.3) is 0 Å². The van der Waals surface area contributed by atoms with E-state index in [1.54, 1.807) is 18.3 Å². The summed E-state index contributed by atoms with van der Waals surface area (Å²) >= 11 is 0. The SMILES string of the molecule is CCCCOc1ncccc1CNC(=O)c1[nH]ncc1C(F)(F)F. The molecule has 2 N–H and O–H groups in total. The number of hydrogen-bond acceptors (Lipinski definition) is 4. The summed E-state index contributed by atoms with van der Waals surface area (Å²) < 4.78 is 43.8. The van der Waals surface area contributed by atoms with Gasteiger partial charge in [-0.1, -0.05) is 19.4 Å². The van der Waals surface area contributed by atoms with Crippen LogP contribution in [-0.2, 0) is 12.7 Å². The fourth-order valence-corrected chi connectivity index (χ4v) is 1.94. The molecule has 0 aliphatic rings. The second kappa shape index (κ2) is 7.80. The largest absolute Gasteiger partial charge is 0.477 e. The molecule has 2 aromatic heterocycles. The van der Waals surface area contributed by atoms with Gasteiger partial charge in [-0.25, -0.2) is 4.98 Å². The van der Waals surface area contributed by atoms with Gasteiger partial charge in [-0.15, -0.1) is 0 Å². The number of aromatic nitrogens is 3. The van der Waals surface area contributed by atoms with E-state index in [-0.39, 0.29) is 6.54 Å². The highest BCUT2D eigenvalue weighted by Gasteiger charge is 2.37. The summed E-state index contributed by atoms with van der Waals surface area (Å²) in [6, 6.07) is 3.34. The third kappa shape index (κ3) is 4.46. The van der Waals surface area contributed by atoms with E-state index in [2.05, 4.69) is 20.5 Å². The fourth-order valence-electron chi connectivity index (χ4n) is 1.94. The highest BCUT2D eigenvalue weighted by Crippen LogP contribution is 2.30. The van der Waals surface area contributed by atoms with E-state index < -0.39 is 23.3 Å². The number of hydrogen-bond donors (Lipinski definition) is 2. The molecule has 6 nitrogen and oxygen atoms in total. The molecule has 0 unspecified atom stereocenters. The zero-order chi connectivity index (χ0) is 17.6. The number of unbranched alkanes of at least 4 members (excludes halogenated alkanes) is 1. The first kappa shape index (κ1) is 17.8. The van der Waals surface area contributed by atoms with Crippen molar-refractivity contribution in [2.75, 3.05) is 6.61 Å². The number of alkyl halides is 3. The Bertz CT molecular complexity index is 685. The number of halogens is 3. The van der Waals surface area contributed by atoms with E-state index in [1.165, 1.54) is 0 Å². The number of amides is 1. The van der Waals surface area contributed by atoms with Crippen molar-refractivity contribution in [3.63, 3.8) is 0 Å². The predicted molar refractivity (Wildman–Crippen MR) is 79.4 cm³/mol. The molecule has 0 atom stereocenters. The molecule has 0 aromatic carbocycles. The maximum atomic E-state index is 12.8. The first-order chi connectivity index (χ1) is 11.4. The van der Waals surface area contributed by atoms with Crippen LogP contribution in [0.5, 0.6) is 5.88 Å². The van der Waals surface area contributed by atoms with Crippen molar-refractivity contribution in [3.8, 4) is 5.88 Å². The van der Waals surface area contributed by atoms with Gasteiger partial charge in [-0.2, -0.15) is 18.3 Å². The third-order valence-corrected chi connectivity index (χ3v) is 3.20. The van der Waals surface area contributed by atoms with Crippen molar-refractivity contribution < 1.29 is 22.7 Å². The van der Waals surface area contributed by atoms with E-state index in [1.807, 2.05) is 6.92 Å². The Morgan fingerprint density at radius 2 is 2.21 bits per heavy atom. The highest BCUT2D eigenvalue weighted by molar-refractivity contribution is 5.93. The van der Waals surface area contributed by atoms with Crippen LogP contribution < -0.4 is 10.1 Å². The van der Waals surface area contributed by atoms with Gasteiger partial charge in [-0.3, -0.25) is 9.89 Å². The Morgan fingerprint density at radius 3 is 2.92 bits per heavy atom. The summed E-state index contributed by atoms with van der Waals surface area (Å²) in [5.41, 5.74) is -1.15. The van der Waals surface area contributed by atoms with Gasteiger partial charge in [0.05, 0.1) is 12.8 Å². The summed E-state index contributed by atoms with van der Waals surface area (Å²) in [7, 11) is 0. The summed E-state index contributed by atoms with van der Waals surface area (Å²) in [5.74, 6) is -0.546. The van der Waals surface area contributed by atoms with Crippen molar-refractivity contribution in [1.29, 1.82) is 0 Å². The lowest BCUT2D eigenvalue weighted by Crippen LogP contribution is -2.26. The average molecular weight is 342 g/mol. The lowest BCUT2D eigenvalue weighted by molar-refractivity contribution is -0.137. The zero-order valence-corrected chi connectivity index (χ0v) is 13.0. The van der Waals surface area contributed by atoms with E-state index in [0.29, 0.717) is 24.2 Å². The zero-order valence-electron chi connectivity index (χ0n) is 13.0. The molecule has 0 spiro atoms. The van der Waals surface area contributed by atoms with Gasteiger partial charge in [-0.05, 0) is 12.5 Å². The van der Waals surface area contributed by atoms with E-state index >= 15 is 0 Å². The topological polar surface area (TPSA) is 79.9 Å². The fraction of sp³-hybridized carbons (Fsp3) is 0.400. The van der Waals surface area contributed by atoms with Gasteiger partial charge >= 0.3 is 6.18 Å². The number of carbonyl (C=O) groups excluding carboxylic acids is 1.